The molecule has 0 saturated carbocycles. The van der Waals surface area contributed by atoms with Gasteiger partial charge in [0.05, 0.1) is 12.6 Å². The fourth-order valence-corrected chi connectivity index (χ4v) is 3.28. The molecule has 1 fully saturated rings. The van der Waals surface area contributed by atoms with Crippen molar-refractivity contribution in [2.75, 3.05) is 18.5 Å². The van der Waals surface area contributed by atoms with Crippen molar-refractivity contribution in [3.63, 3.8) is 0 Å². The largest absolute Gasteiger partial charge is 0.392 e. The van der Waals surface area contributed by atoms with E-state index in [1.54, 1.807) is 0 Å². The summed E-state index contributed by atoms with van der Waals surface area (Å²) >= 11 is 0. The van der Waals surface area contributed by atoms with Gasteiger partial charge in [0.2, 0.25) is 5.91 Å². The van der Waals surface area contributed by atoms with Crippen LogP contribution in [0.2, 0.25) is 0 Å². The predicted octanol–water partition coefficient (Wildman–Crippen LogP) is 2.81. The van der Waals surface area contributed by atoms with Gasteiger partial charge in [-0.15, -0.1) is 0 Å². The molecule has 0 aliphatic carbocycles. The molecule has 1 N–H and O–H groups in total. The Morgan fingerprint density at radius 2 is 1.75 bits per heavy atom. The molecule has 3 rings (SSSR count). The van der Waals surface area contributed by atoms with Gasteiger partial charge in [0, 0.05) is 18.8 Å². The van der Waals surface area contributed by atoms with Crippen LogP contribution in [0.1, 0.15) is 24.0 Å². The van der Waals surface area contributed by atoms with Crippen molar-refractivity contribution in [3.8, 4) is 0 Å². The minimum Gasteiger partial charge on any atom is -0.392 e. The minimum atomic E-state index is -0.0866. The molecule has 1 aliphatic heterocycles. The molecule has 1 atom stereocenters. The molecule has 2 aromatic rings. The lowest BCUT2D eigenvalue weighted by atomic mass is 10.0. The first-order valence-electron chi connectivity index (χ1n) is 8.44. The van der Waals surface area contributed by atoms with E-state index in [1.807, 2.05) is 66.5 Å². The minimum absolute atomic E-state index is 0.0588. The van der Waals surface area contributed by atoms with Gasteiger partial charge in [-0.3, -0.25) is 9.69 Å². The Labute approximate surface area is 143 Å². The molecule has 4 heteroatoms. The van der Waals surface area contributed by atoms with E-state index in [1.165, 1.54) is 0 Å². The Bertz CT molecular complexity index is 670. The molecule has 126 valence electrons. The van der Waals surface area contributed by atoms with Crippen LogP contribution in [0.25, 0.3) is 0 Å². The number of rotatable bonds is 5. The standard InChI is InChI=1S/C20H24N2O2/c1-21(14-16-9-11-17(15-23)12-10-16)19-8-5-13-22(20(19)24)18-6-3-2-4-7-18/h2-4,6-7,9-12,19,23H,5,8,13-15H2,1H3. The number of amides is 1. The number of hydrogen-bond acceptors (Lipinski definition) is 3. The maximum absolute atomic E-state index is 12.9. The number of hydrogen-bond donors (Lipinski definition) is 1. The normalized spacial score (nSPS) is 18.2. The Balaban J connectivity index is 1.69. The molecule has 1 heterocycles. The van der Waals surface area contributed by atoms with Crippen LogP contribution in [0.3, 0.4) is 0 Å². The molecule has 0 spiro atoms. The number of benzene rings is 2. The topological polar surface area (TPSA) is 43.8 Å². The van der Waals surface area contributed by atoms with E-state index >= 15 is 0 Å². The predicted molar refractivity (Wildman–Crippen MR) is 95.6 cm³/mol. The summed E-state index contributed by atoms with van der Waals surface area (Å²) in [5, 5.41) is 9.13. The Morgan fingerprint density at radius 1 is 1.08 bits per heavy atom. The van der Waals surface area contributed by atoms with Crippen LogP contribution in [0.15, 0.2) is 54.6 Å². The Kier molecular flexibility index (Phi) is 5.28. The zero-order valence-corrected chi connectivity index (χ0v) is 14.1. The van der Waals surface area contributed by atoms with Crippen molar-refractivity contribution < 1.29 is 9.90 Å². The van der Waals surface area contributed by atoms with E-state index in [-0.39, 0.29) is 18.6 Å². The number of likely N-dealkylation sites (N-methyl/N-ethyl adjacent to an activating group) is 1. The number of anilines is 1. The van der Waals surface area contributed by atoms with Gasteiger partial charge in [-0.25, -0.2) is 0 Å². The first-order chi connectivity index (χ1) is 11.7. The van der Waals surface area contributed by atoms with Crippen molar-refractivity contribution in [2.45, 2.75) is 32.0 Å². The number of para-hydroxylation sites is 1. The van der Waals surface area contributed by atoms with Crippen molar-refractivity contribution in [1.82, 2.24) is 4.90 Å². The second-order valence-electron chi connectivity index (χ2n) is 6.37. The highest BCUT2D eigenvalue weighted by Gasteiger charge is 2.32. The number of carbonyl (C=O) groups is 1. The Morgan fingerprint density at radius 3 is 2.42 bits per heavy atom. The lowest BCUT2D eigenvalue weighted by Gasteiger charge is -2.37. The van der Waals surface area contributed by atoms with Crippen LogP contribution in [0, 0.1) is 0 Å². The smallest absolute Gasteiger partial charge is 0.244 e. The van der Waals surface area contributed by atoms with Crippen LogP contribution in [0.5, 0.6) is 0 Å². The van der Waals surface area contributed by atoms with Gasteiger partial charge >= 0.3 is 0 Å². The summed E-state index contributed by atoms with van der Waals surface area (Å²) in [5.41, 5.74) is 3.04. The number of piperidine rings is 1. The highest BCUT2D eigenvalue weighted by atomic mass is 16.3. The number of nitrogens with zero attached hydrogens (tertiary/aromatic N) is 2. The molecule has 1 amide bonds. The van der Waals surface area contributed by atoms with E-state index in [2.05, 4.69) is 4.90 Å². The van der Waals surface area contributed by atoms with E-state index < -0.39 is 0 Å². The van der Waals surface area contributed by atoms with Crippen molar-refractivity contribution in [2.24, 2.45) is 0 Å². The molecular weight excluding hydrogens is 300 g/mol. The average Bonchev–Trinajstić information content (AvgIpc) is 2.63. The van der Waals surface area contributed by atoms with E-state index in [9.17, 15) is 4.79 Å². The van der Waals surface area contributed by atoms with Crippen LogP contribution >= 0.6 is 0 Å². The number of aliphatic hydroxyl groups is 1. The summed E-state index contributed by atoms with van der Waals surface area (Å²) < 4.78 is 0. The van der Waals surface area contributed by atoms with Gasteiger partial charge in [0.1, 0.15) is 0 Å². The molecule has 24 heavy (non-hydrogen) atoms. The lowest BCUT2D eigenvalue weighted by Crippen LogP contribution is -2.51. The van der Waals surface area contributed by atoms with Crippen LogP contribution in [-0.2, 0) is 17.9 Å². The van der Waals surface area contributed by atoms with Gasteiger partial charge in [0.15, 0.2) is 0 Å². The molecule has 1 unspecified atom stereocenters. The van der Waals surface area contributed by atoms with E-state index in [0.717, 1.165) is 42.7 Å². The molecular formula is C20H24N2O2. The summed E-state index contributed by atoms with van der Waals surface area (Å²) in [7, 11) is 2.01. The molecule has 0 bridgehead atoms. The molecule has 2 aromatic carbocycles. The maximum atomic E-state index is 12.9. The second-order valence-corrected chi connectivity index (χ2v) is 6.37. The van der Waals surface area contributed by atoms with Gasteiger partial charge in [0.25, 0.3) is 0 Å². The fourth-order valence-electron chi connectivity index (χ4n) is 3.28. The average molecular weight is 324 g/mol. The second kappa shape index (κ2) is 7.60. The summed E-state index contributed by atoms with van der Waals surface area (Å²) in [6, 6.07) is 17.7. The van der Waals surface area contributed by atoms with E-state index in [0.29, 0.717) is 0 Å². The van der Waals surface area contributed by atoms with Crippen LogP contribution < -0.4 is 4.90 Å². The summed E-state index contributed by atoms with van der Waals surface area (Å²) in [6.07, 6.45) is 1.91. The zero-order chi connectivity index (χ0) is 16.9. The van der Waals surface area contributed by atoms with Gasteiger partial charge in [-0.1, -0.05) is 42.5 Å². The number of carbonyl (C=O) groups excluding carboxylic acids is 1. The molecule has 4 nitrogen and oxygen atoms in total. The zero-order valence-electron chi connectivity index (χ0n) is 14.1. The summed E-state index contributed by atoms with van der Waals surface area (Å²) in [6.45, 7) is 1.58. The highest BCUT2D eigenvalue weighted by Crippen LogP contribution is 2.24. The van der Waals surface area contributed by atoms with Crippen molar-refractivity contribution >= 4 is 11.6 Å². The molecule has 0 aromatic heterocycles. The molecule has 1 saturated heterocycles. The van der Waals surface area contributed by atoms with E-state index in [4.69, 9.17) is 5.11 Å². The van der Waals surface area contributed by atoms with Crippen LogP contribution in [0.4, 0.5) is 5.69 Å². The Hall–Kier alpha value is -2.17. The quantitative estimate of drug-likeness (QED) is 0.920. The van der Waals surface area contributed by atoms with Gasteiger partial charge in [-0.05, 0) is 43.1 Å². The van der Waals surface area contributed by atoms with Crippen LogP contribution in [-0.4, -0.2) is 35.5 Å². The summed E-state index contributed by atoms with van der Waals surface area (Å²) in [4.78, 5) is 16.9. The third-order valence-corrected chi connectivity index (χ3v) is 4.65. The lowest BCUT2D eigenvalue weighted by molar-refractivity contribution is -0.125. The maximum Gasteiger partial charge on any atom is 0.244 e. The third-order valence-electron chi connectivity index (χ3n) is 4.65. The fraction of sp³-hybridized carbons (Fsp3) is 0.350. The first kappa shape index (κ1) is 16.7. The molecule has 0 radical (unpaired) electrons. The number of aliphatic hydroxyl groups excluding tert-OH is 1. The van der Waals surface area contributed by atoms with Crippen molar-refractivity contribution in [1.29, 1.82) is 0 Å². The molecule has 1 aliphatic rings. The van der Waals surface area contributed by atoms with Gasteiger partial charge in [-0.2, -0.15) is 0 Å². The summed E-state index contributed by atoms with van der Waals surface area (Å²) in [5.74, 6) is 0.182. The van der Waals surface area contributed by atoms with Gasteiger partial charge < -0.3 is 10.0 Å². The third kappa shape index (κ3) is 3.66. The first-order valence-corrected chi connectivity index (χ1v) is 8.44. The highest BCUT2D eigenvalue weighted by molar-refractivity contribution is 5.97. The SMILES string of the molecule is CN(Cc1ccc(CO)cc1)C1CCCN(c2ccccc2)C1=O. The monoisotopic (exact) mass is 324 g/mol. The van der Waals surface area contributed by atoms with Crippen molar-refractivity contribution in [3.05, 3.63) is 65.7 Å².